The van der Waals surface area contributed by atoms with Crippen molar-refractivity contribution in [2.45, 2.75) is 20.8 Å². The predicted octanol–water partition coefficient (Wildman–Crippen LogP) is 4.95. The zero-order valence-electron chi connectivity index (χ0n) is 15.6. The van der Waals surface area contributed by atoms with Crippen LogP contribution >= 0.6 is 0 Å². The second-order valence-electron chi connectivity index (χ2n) is 6.15. The molecule has 0 fully saturated rings. The van der Waals surface area contributed by atoms with Crippen molar-refractivity contribution in [2.75, 3.05) is 13.7 Å². The fourth-order valence-electron chi connectivity index (χ4n) is 3.02. The average molecular weight is 349 g/mol. The van der Waals surface area contributed by atoms with E-state index in [-0.39, 0.29) is 5.97 Å². The molecule has 1 aromatic heterocycles. The molecular formula is C22H23NO3. The van der Waals surface area contributed by atoms with E-state index < -0.39 is 0 Å². The quantitative estimate of drug-likeness (QED) is 0.612. The van der Waals surface area contributed by atoms with Crippen LogP contribution in [-0.4, -0.2) is 24.3 Å². The summed E-state index contributed by atoms with van der Waals surface area (Å²) in [5.41, 5.74) is 5.59. The highest BCUT2D eigenvalue weighted by Gasteiger charge is 2.20. The average Bonchev–Trinajstić information content (AvgIpc) is 3.00. The number of hydrogen-bond donors (Lipinski definition) is 0. The number of aryl methyl sites for hydroxylation is 1. The van der Waals surface area contributed by atoms with Crippen LogP contribution in [0.15, 0.2) is 54.6 Å². The van der Waals surface area contributed by atoms with Gasteiger partial charge in [0.2, 0.25) is 0 Å². The summed E-state index contributed by atoms with van der Waals surface area (Å²) >= 11 is 0. The fraction of sp³-hybridized carbons (Fsp3) is 0.227. The highest BCUT2D eigenvalue weighted by Crippen LogP contribution is 2.31. The number of esters is 1. The largest absolute Gasteiger partial charge is 0.497 e. The number of carbonyl (C=O) groups excluding carboxylic acids is 1. The Labute approximate surface area is 154 Å². The first-order chi connectivity index (χ1) is 12.5. The number of carbonyl (C=O) groups is 1. The molecule has 3 aromatic rings. The Kier molecular flexibility index (Phi) is 5.12. The van der Waals surface area contributed by atoms with Crippen molar-refractivity contribution >= 4 is 5.97 Å². The molecule has 2 aromatic carbocycles. The minimum Gasteiger partial charge on any atom is -0.497 e. The van der Waals surface area contributed by atoms with Gasteiger partial charge in [0.1, 0.15) is 5.75 Å². The van der Waals surface area contributed by atoms with Crippen LogP contribution in [0.4, 0.5) is 0 Å². The van der Waals surface area contributed by atoms with Gasteiger partial charge in [-0.15, -0.1) is 0 Å². The van der Waals surface area contributed by atoms with Crippen LogP contribution in [0.1, 0.15) is 28.5 Å². The molecule has 0 bridgehead atoms. The maximum absolute atomic E-state index is 12.4. The van der Waals surface area contributed by atoms with Crippen LogP contribution in [-0.2, 0) is 4.74 Å². The predicted molar refractivity (Wildman–Crippen MR) is 103 cm³/mol. The molecule has 3 rings (SSSR count). The summed E-state index contributed by atoms with van der Waals surface area (Å²) in [4.78, 5) is 12.4. The zero-order chi connectivity index (χ0) is 18.7. The van der Waals surface area contributed by atoms with Crippen molar-refractivity contribution in [2.24, 2.45) is 0 Å². The summed E-state index contributed by atoms with van der Waals surface area (Å²) in [6.45, 7) is 6.16. The van der Waals surface area contributed by atoms with E-state index in [4.69, 9.17) is 9.47 Å². The summed E-state index contributed by atoms with van der Waals surface area (Å²) < 4.78 is 12.6. The van der Waals surface area contributed by atoms with Crippen molar-refractivity contribution in [1.82, 2.24) is 4.57 Å². The Hall–Kier alpha value is -3.01. The van der Waals surface area contributed by atoms with Gasteiger partial charge in [-0.3, -0.25) is 0 Å². The topological polar surface area (TPSA) is 40.5 Å². The minimum atomic E-state index is -0.300. The van der Waals surface area contributed by atoms with E-state index in [2.05, 4.69) is 35.8 Å². The molecule has 26 heavy (non-hydrogen) atoms. The molecule has 0 saturated heterocycles. The van der Waals surface area contributed by atoms with Crippen molar-refractivity contribution in [3.05, 3.63) is 71.4 Å². The van der Waals surface area contributed by atoms with Gasteiger partial charge in [-0.05, 0) is 56.7 Å². The summed E-state index contributed by atoms with van der Waals surface area (Å²) in [7, 11) is 1.65. The first-order valence-corrected chi connectivity index (χ1v) is 8.66. The van der Waals surface area contributed by atoms with E-state index in [0.29, 0.717) is 12.2 Å². The van der Waals surface area contributed by atoms with E-state index in [9.17, 15) is 4.79 Å². The lowest BCUT2D eigenvalue weighted by Crippen LogP contribution is -2.06. The molecule has 0 saturated carbocycles. The van der Waals surface area contributed by atoms with Crippen LogP contribution in [0.2, 0.25) is 0 Å². The normalized spacial score (nSPS) is 10.6. The lowest BCUT2D eigenvalue weighted by molar-refractivity contribution is 0.0525. The maximum atomic E-state index is 12.4. The molecular weight excluding hydrogens is 326 g/mol. The van der Waals surface area contributed by atoms with Crippen LogP contribution in [0.5, 0.6) is 5.75 Å². The maximum Gasteiger partial charge on any atom is 0.339 e. The van der Waals surface area contributed by atoms with E-state index in [1.54, 1.807) is 7.11 Å². The van der Waals surface area contributed by atoms with E-state index in [1.165, 1.54) is 5.56 Å². The van der Waals surface area contributed by atoms with Gasteiger partial charge in [0.15, 0.2) is 0 Å². The molecule has 0 aliphatic carbocycles. The SMILES string of the molecule is CCOC(=O)c1cc(-c2ccc(C)cc2)n(-c2ccc(OC)cc2)c1C. The second-order valence-corrected chi connectivity index (χ2v) is 6.15. The molecule has 0 radical (unpaired) electrons. The molecule has 0 spiro atoms. The van der Waals surface area contributed by atoms with Crippen LogP contribution < -0.4 is 4.74 Å². The number of hydrogen-bond acceptors (Lipinski definition) is 3. The molecule has 4 heteroatoms. The number of ether oxygens (including phenoxy) is 2. The third-order valence-electron chi connectivity index (χ3n) is 4.42. The zero-order valence-corrected chi connectivity index (χ0v) is 15.6. The number of methoxy groups -OCH3 is 1. The van der Waals surface area contributed by atoms with Crippen molar-refractivity contribution in [1.29, 1.82) is 0 Å². The number of rotatable bonds is 5. The first-order valence-electron chi connectivity index (χ1n) is 8.66. The Morgan fingerprint density at radius 3 is 2.23 bits per heavy atom. The lowest BCUT2D eigenvalue weighted by atomic mass is 10.1. The van der Waals surface area contributed by atoms with E-state index in [0.717, 1.165) is 28.4 Å². The smallest absolute Gasteiger partial charge is 0.339 e. The molecule has 0 N–H and O–H groups in total. The summed E-state index contributed by atoms with van der Waals surface area (Å²) in [6, 6.07) is 18.0. The van der Waals surface area contributed by atoms with Crippen molar-refractivity contribution in [3.63, 3.8) is 0 Å². The summed E-state index contributed by atoms with van der Waals surface area (Å²) in [6.07, 6.45) is 0. The molecule has 0 aliphatic heterocycles. The molecule has 0 unspecified atom stereocenters. The van der Waals surface area contributed by atoms with Crippen LogP contribution in [0.3, 0.4) is 0 Å². The van der Waals surface area contributed by atoms with Crippen LogP contribution in [0.25, 0.3) is 16.9 Å². The Morgan fingerprint density at radius 1 is 1.00 bits per heavy atom. The molecule has 0 aliphatic rings. The monoisotopic (exact) mass is 349 g/mol. The highest BCUT2D eigenvalue weighted by atomic mass is 16.5. The lowest BCUT2D eigenvalue weighted by Gasteiger charge is -2.13. The van der Waals surface area contributed by atoms with Crippen molar-refractivity contribution in [3.8, 4) is 22.7 Å². The molecule has 0 atom stereocenters. The van der Waals surface area contributed by atoms with Gasteiger partial charge in [0.05, 0.1) is 25.0 Å². The highest BCUT2D eigenvalue weighted by molar-refractivity contribution is 5.93. The van der Waals surface area contributed by atoms with E-state index in [1.807, 2.05) is 44.2 Å². The second kappa shape index (κ2) is 7.48. The standard InChI is InChI=1S/C22H23NO3/c1-5-26-22(24)20-14-21(17-8-6-15(2)7-9-17)23(16(20)3)18-10-12-19(25-4)13-11-18/h6-14H,5H2,1-4H3. The van der Waals surface area contributed by atoms with Gasteiger partial charge in [0.25, 0.3) is 0 Å². The van der Waals surface area contributed by atoms with Gasteiger partial charge in [-0.2, -0.15) is 0 Å². The number of aromatic nitrogens is 1. The Bertz CT molecular complexity index is 906. The number of nitrogens with zero attached hydrogens (tertiary/aromatic N) is 1. The van der Waals surface area contributed by atoms with Gasteiger partial charge in [-0.25, -0.2) is 4.79 Å². The fourth-order valence-corrected chi connectivity index (χ4v) is 3.02. The molecule has 4 nitrogen and oxygen atoms in total. The Morgan fingerprint density at radius 2 is 1.65 bits per heavy atom. The van der Waals surface area contributed by atoms with Gasteiger partial charge in [0, 0.05) is 11.4 Å². The van der Waals surface area contributed by atoms with E-state index >= 15 is 0 Å². The van der Waals surface area contributed by atoms with Crippen LogP contribution in [0, 0.1) is 13.8 Å². The Balaban J connectivity index is 2.18. The summed E-state index contributed by atoms with van der Waals surface area (Å²) in [5.74, 6) is 0.492. The summed E-state index contributed by atoms with van der Waals surface area (Å²) in [5, 5.41) is 0. The third-order valence-corrected chi connectivity index (χ3v) is 4.42. The first kappa shape index (κ1) is 17.8. The van der Waals surface area contributed by atoms with Gasteiger partial charge in [-0.1, -0.05) is 29.8 Å². The van der Waals surface area contributed by atoms with Gasteiger partial charge < -0.3 is 14.0 Å². The third kappa shape index (κ3) is 3.36. The van der Waals surface area contributed by atoms with Crippen molar-refractivity contribution < 1.29 is 14.3 Å². The molecule has 0 amide bonds. The molecule has 134 valence electrons. The number of benzene rings is 2. The molecule has 1 heterocycles. The minimum absolute atomic E-state index is 0.300. The van der Waals surface area contributed by atoms with Gasteiger partial charge >= 0.3 is 5.97 Å².